The Morgan fingerprint density at radius 2 is 2.08 bits per heavy atom. The van der Waals surface area contributed by atoms with Crippen LogP contribution in [0.4, 0.5) is 13.2 Å². The van der Waals surface area contributed by atoms with Gasteiger partial charge in [-0.05, 0) is 25.8 Å². The highest BCUT2D eigenvalue weighted by atomic mass is 19.4. The molecule has 1 radical (unpaired) electrons. The van der Waals surface area contributed by atoms with Gasteiger partial charge in [0.25, 0.3) is 0 Å². The molecular formula is C8H13F3N. The van der Waals surface area contributed by atoms with E-state index in [1.54, 1.807) is 0 Å². The van der Waals surface area contributed by atoms with Crippen molar-refractivity contribution in [3.05, 3.63) is 6.42 Å². The van der Waals surface area contributed by atoms with E-state index >= 15 is 0 Å². The van der Waals surface area contributed by atoms with E-state index in [2.05, 4.69) is 5.32 Å². The van der Waals surface area contributed by atoms with Crippen LogP contribution in [-0.2, 0) is 0 Å². The highest BCUT2D eigenvalue weighted by Crippen LogP contribution is 2.23. The van der Waals surface area contributed by atoms with Gasteiger partial charge in [-0.2, -0.15) is 13.2 Å². The lowest BCUT2D eigenvalue weighted by atomic mass is 10.0. The summed E-state index contributed by atoms with van der Waals surface area (Å²) in [7, 11) is 0. The second-order valence-corrected chi connectivity index (χ2v) is 3.13. The maximum Gasteiger partial charge on any atom is 0.392 e. The molecule has 1 saturated heterocycles. The second kappa shape index (κ2) is 4.12. The fourth-order valence-corrected chi connectivity index (χ4v) is 1.40. The van der Waals surface area contributed by atoms with E-state index in [1.807, 2.05) is 0 Å². The Bertz CT molecular complexity index is 127. The van der Waals surface area contributed by atoms with E-state index in [0.717, 1.165) is 25.8 Å². The molecule has 1 N–H and O–H groups in total. The minimum Gasteiger partial charge on any atom is -0.314 e. The van der Waals surface area contributed by atoms with Crippen molar-refractivity contribution >= 4 is 0 Å². The van der Waals surface area contributed by atoms with Crippen LogP contribution in [0.3, 0.4) is 0 Å². The third kappa shape index (κ3) is 3.95. The Hall–Kier alpha value is -0.250. The molecule has 12 heavy (non-hydrogen) atoms. The zero-order chi connectivity index (χ0) is 9.03. The van der Waals surface area contributed by atoms with Crippen molar-refractivity contribution in [3.63, 3.8) is 0 Å². The van der Waals surface area contributed by atoms with Gasteiger partial charge < -0.3 is 5.32 Å². The lowest BCUT2D eigenvalue weighted by Gasteiger charge is -2.23. The first-order valence-electron chi connectivity index (χ1n) is 4.22. The molecule has 71 valence electrons. The first kappa shape index (κ1) is 9.84. The quantitative estimate of drug-likeness (QED) is 0.687. The van der Waals surface area contributed by atoms with Crippen molar-refractivity contribution in [1.82, 2.24) is 5.32 Å². The Labute approximate surface area is 70.3 Å². The smallest absolute Gasteiger partial charge is 0.314 e. The van der Waals surface area contributed by atoms with E-state index < -0.39 is 6.18 Å². The molecule has 0 spiro atoms. The molecule has 0 aromatic carbocycles. The van der Waals surface area contributed by atoms with Crippen LogP contribution in [0, 0.1) is 6.42 Å². The summed E-state index contributed by atoms with van der Waals surface area (Å²) >= 11 is 0. The van der Waals surface area contributed by atoms with Crippen molar-refractivity contribution in [2.24, 2.45) is 0 Å². The molecule has 1 atom stereocenters. The van der Waals surface area contributed by atoms with Gasteiger partial charge in [-0.25, -0.2) is 0 Å². The molecule has 1 nitrogen and oxygen atoms in total. The highest BCUT2D eigenvalue weighted by molar-refractivity contribution is 4.83. The molecule has 0 aromatic heterocycles. The minimum absolute atomic E-state index is 0.0420. The van der Waals surface area contributed by atoms with Crippen LogP contribution in [0.2, 0.25) is 0 Å². The molecule has 4 heteroatoms. The molecular weight excluding hydrogens is 167 g/mol. The number of halogens is 3. The number of alkyl halides is 3. The van der Waals surface area contributed by atoms with E-state index in [0.29, 0.717) is 6.42 Å². The third-order valence-electron chi connectivity index (χ3n) is 2.05. The van der Waals surface area contributed by atoms with Crippen molar-refractivity contribution in [2.45, 2.75) is 37.9 Å². The van der Waals surface area contributed by atoms with Crippen molar-refractivity contribution in [3.8, 4) is 0 Å². The summed E-state index contributed by atoms with van der Waals surface area (Å²) in [6.45, 7) is 0.858. The van der Waals surface area contributed by atoms with Gasteiger partial charge in [0.1, 0.15) is 0 Å². The van der Waals surface area contributed by atoms with Gasteiger partial charge in [0.05, 0.1) is 6.42 Å². The summed E-state index contributed by atoms with van der Waals surface area (Å²) in [4.78, 5) is 0. The molecule has 0 aromatic rings. The molecule has 0 amide bonds. The number of nitrogens with one attached hydrogen (secondary N) is 1. The first-order chi connectivity index (χ1) is 5.58. The first-order valence-corrected chi connectivity index (χ1v) is 4.22. The molecule has 1 rings (SSSR count). The maximum atomic E-state index is 11.7. The molecule has 0 aliphatic carbocycles. The van der Waals surface area contributed by atoms with Crippen LogP contribution in [0.15, 0.2) is 0 Å². The molecule has 1 heterocycles. The number of rotatable bonds is 2. The van der Waals surface area contributed by atoms with Crippen molar-refractivity contribution < 1.29 is 13.2 Å². The zero-order valence-electron chi connectivity index (χ0n) is 6.82. The lowest BCUT2D eigenvalue weighted by Crippen LogP contribution is -2.35. The van der Waals surface area contributed by atoms with E-state index in [9.17, 15) is 13.2 Å². The molecule has 1 aliphatic heterocycles. The molecule has 1 fully saturated rings. The lowest BCUT2D eigenvalue weighted by molar-refractivity contribution is -0.0992. The summed E-state index contributed by atoms with van der Waals surface area (Å²) < 4.78 is 35.2. The summed E-state index contributed by atoms with van der Waals surface area (Å²) in [5.41, 5.74) is 0. The van der Waals surface area contributed by atoms with Gasteiger partial charge in [-0.15, -0.1) is 0 Å². The van der Waals surface area contributed by atoms with Crippen molar-refractivity contribution in [2.75, 3.05) is 6.54 Å². The summed E-state index contributed by atoms with van der Waals surface area (Å²) in [5.74, 6) is 0. The van der Waals surface area contributed by atoms with Gasteiger partial charge in [0.2, 0.25) is 0 Å². The van der Waals surface area contributed by atoms with Crippen LogP contribution in [0.1, 0.15) is 25.7 Å². The number of hydrogen-bond donors (Lipinski definition) is 1. The van der Waals surface area contributed by atoms with Crippen molar-refractivity contribution in [1.29, 1.82) is 0 Å². The standard InChI is InChI=1S/C8H13F3N/c9-8(10,11)5-4-7-3-1-2-6-12-7/h5,7,12H,1-4,6H2. The topological polar surface area (TPSA) is 12.0 Å². The third-order valence-corrected chi connectivity index (χ3v) is 2.05. The zero-order valence-corrected chi connectivity index (χ0v) is 6.82. The minimum atomic E-state index is -4.11. The Morgan fingerprint density at radius 1 is 1.33 bits per heavy atom. The van der Waals surface area contributed by atoms with Gasteiger partial charge >= 0.3 is 6.18 Å². The molecule has 1 aliphatic rings. The number of hydrogen-bond acceptors (Lipinski definition) is 1. The van der Waals surface area contributed by atoms with Crippen LogP contribution < -0.4 is 5.32 Å². The largest absolute Gasteiger partial charge is 0.392 e. The van der Waals surface area contributed by atoms with Crippen LogP contribution in [-0.4, -0.2) is 18.8 Å². The monoisotopic (exact) mass is 180 g/mol. The predicted molar refractivity (Wildman–Crippen MR) is 40.6 cm³/mol. The Balaban J connectivity index is 2.13. The van der Waals surface area contributed by atoms with Gasteiger partial charge in [0, 0.05) is 6.04 Å². The molecule has 0 saturated carbocycles. The average Bonchev–Trinajstić information content (AvgIpc) is 2.02. The fraction of sp³-hybridized carbons (Fsp3) is 0.875. The Morgan fingerprint density at radius 3 is 2.58 bits per heavy atom. The summed E-state index contributed by atoms with van der Waals surface area (Å²) in [5, 5.41) is 3.06. The van der Waals surface area contributed by atoms with Crippen LogP contribution >= 0.6 is 0 Å². The fourth-order valence-electron chi connectivity index (χ4n) is 1.40. The molecule has 0 bridgehead atoms. The Kier molecular flexibility index (Phi) is 3.38. The summed E-state index contributed by atoms with van der Waals surface area (Å²) in [6.07, 6.45) is -0.558. The van der Waals surface area contributed by atoms with Gasteiger partial charge in [-0.3, -0.25) is 0 Å². The second-order valence-electron chi connectivity index (χ2n) is 3.13. The average molecular weight is 180 g/mol. The van der Waals surface area contributed by atoms with Crippen LogP contribution in [0.5, 0.6) is 0 Å². The van der Waals surface area contributed by atoms with Crippen LogP contribution in [0.25, 0.3) is 0 Å². The summed E-state index contributed by atoms with van der Waals surface area (Å²) in [6, 6.07) is 0.0420. The highest BCUT2D eigenvalue weighted by Gasteiger charge is 2.29. The normalized spacial score (nSPS) is 25.8. The molecule has 1 unspecified atom stereocenters. The maximum absolute atomic E-state index is 11.7. The van der Waals surface area contributed by atoms with Gasteiger partial charge in [-0.1, -0.05) is 6.42 Å². The number of piperidine rings is 1. The van der Waals surface area contributed by atoms with Gasteiger partial charge in [0.15, 0.2) is 0 Å². The predicted octanol–water partition coefficient (Wildman–Crippen LogP) is 2.29. The van der Waals surface area contributed by atoms with E-state index in [1.165, 1.54) is 0 Å². The van der Waals surface area contributed by atoms with E-state index in [4.69, 9.17) is 0 Å². The van der Waals surface area contributed by atoms with E-state index in [-0.39, 0.29) is 12.5 Å². The SMILES string of the molecule is FC(F)(F)[CH]CC1CCCCN1.